The number of amides is 1. The molecule has 1 aromatic rings. The second-order valence-electron chi connectivity index (χ2n) is 5.63. The molecule has 1 aliphatic heterocycles. The first-order chi connectivity index (χ1) is 10.2. The zero-order chi connectivity index (χ0) is 15.2. The summed E-state index contributed by atoms with van der Waals surface area (Å²) in [6, 6.07) is 5.85. The van der Waals surface area contributed by atoms with Crippen LogP contribution in [-0.2, 0) is 11.3 Å². The number of nitrogens with zero attached hydrogens (tertiary/aromatic N) is 1. The van der Waals surface area contributed by atoms with Crippen molar-refractivity contribution in [2.75, 3.05) is 13.8 Å². The molecule has 0 saturated heterocycles. The molecular weight excluding hydrogens is 266 g/mol. The Morgan fingerprint density at radius 1 is 1.29 bits per heavy atom. The van der Waals surface area contributed by atoms with Gasteiger partial charge in [-0.3, -0.25) is 4.79 Å². The minimum absolute atomic E-state index is 0.143. The van der Waals surface area contributed by atoms with Gasteiger partial charge in [0.15, 0.2) is 11.5 Å². The molecule has 1 aliphatic rings. The fourth-order valence-electron chi connectivity index (χ4n) is 2.66. The first-order valence-corrected chi connectivity index (χ1v) is 7.79. The first kappa shape index (κ1) is 15.7. The van der Waals surface area contributed by atoms with Gasteiger partial charge in [-0.1, -0.05) is 32.8 Å². The lowest BCUT2D eigenvalue weighted by atomic mass is 9.97. The Hall–Kier alpha value is -1.71. The van der Waals surface area contributed by atoms with Crippen LogP contribution in [0.2, 0.25) is 0 Å². The normalized spacial score (nSPS) is 14.0. The molecule has 0 aromatic heterocycles. The number of carbonyl (C=O) groups excluding carboxylic acids is 1. The minimum atomic E-state index is 0.143. The molecule has 1 aromatic carbocycles. The van der Waals surface area contributed by atoms with E-state index in [4.69, 9.17) is 9.47 Å². The number of fused-ring (bicyclic) bond motifs is 1. The molecule has 0 N–H and O–H groups in total. The zero-order valence-electron chi connectivity index (χ0n) is 13.2. The highest BCUT2D eigenvalue weighted by Gasteiger charge is 2.21. The summed E-state index contributed by atoms with van der Waals surface area (Å²) >= 11 is 0. The standard InChI is InChI=1S/C17H25NO3/c1-4-6-7-14(5-2)17(19)18(3)11-13-8-9-15-16(10-13)21-12-20-15/h8-10,14H,4-7,11-12H2,1-3H3. The predicted octanol–water partition coefficient (Wildman–Crippen LogP) is 3.59. The Bertz CT molecular complexity index is 487. The largest absolute Gasteiger partial charge is 0.454 e. The van der Waals surface area contributed by atoms with E-state index in [1.165, 1.54) is 0 Å². The third-order valence-electron chi connectivity index (χ3n) is 3.98. The summed E-state index contributed by atoms with van der Waals surface area (Å²) in [4.78, 5) is 14.3. The number of hydrogen-bond acceptors (Lipinski definition) is 3. The Morgan fingerprint density at radius 3 is 2.76 bits per heavy atom. The van der Waals surface area contributed by atoms with Gasteiger partial charge in [0.1, 0.15) is 0 Å². The molecule has 2 rings (SSSR count). The molecule has 0 spiro atoms. The average molecular weight is 291 g/mol. The molecule has 4 heteroatoms. The Kier molecular flexibility index (Phi) is 5.48. The lowest BCUT2D eigenvalue weighted by molar-refractivity contribution is -0.135. The zero-order valence-corrected chi connectivity index (χ0v) is 13.2. The number of unbranched alkanes of at least 4 members (excludes halogenated alkanes) is 1. The number of ether oxygens (including phenoxy) is 2. The van der Waals surface area contributed by atoms with Gasteiger partial charge < -0.3 is 14.4 Å². The third kappa shape index (κ3) is 3.90. The molecule has 0 fully saturated rings. The SMILES string of the molecule is CCCCC(CC)C(=O)N(C)Cc1ccc2c(c1)OCO2. The molecule has 0 saturated carbocycles. The summed E-state index contributed by atoms with van der Waals surface area (Å²) in [5.74, 6) is 1.93. The van der Waals surface area contributed by atoms with Gasteiger partial charge in [0.2, 0.25) is 12.7 Å². The molecule has 0 aliphatic carbocycles. The second kappa shape index (κ2) is 7.34. The lowest BCUT2D eigenvalue weighted by Gasteiger charge is -2.23. The van der Waals surface area contributed by atoms with Gasteiger partial charge in [-0.05, 0) is 30.5 Å². The molecular formula is C17H25NO3. The van der Waals surface area contributed by atoms with E-state index < -0.39 is 0 Å². The molecule has 0 bridgehead atoms. The average Bonchev–Trinajstić information content (AvgIpc) is 2.95. The molecule has 21 heavy (non-hydrogen) atoms. The maximum Gasteiger partial charge on any atom is 0.231 e. The van der Waals surface area contributed by atoms with Gasteiger partial charge in [0.05, 0.1) is 0 Å². The van der Waals surface area contributed by atoms with Gasteiger partial charge in [-0.25, -0.2) is 0 Å². The van der Waals surface area contributed by atoms with Crippen LogP contribution in [0.1, 0.15) is 45.1 Å². The second-order valence-corrected chi connectivity index (χ2v) is 5.63. The van der Waals surface area contributed by atoms with E-state index in [-0.39, 0.29) is 18.6 Å². The molecule has 1 heterocycles. The van der Waals surface area contributed by atoms with Crippen molar-refractivity contribution < 1.29 is 14.3 Å². The summed E-state index contributed by atoms with van der Waals surface area (Å²) in [5.41, 5.74) is 1.07. The lowest BCUT2D eigenvalue weighted by Crippen LogP contribution is -2.32. The first-order valence-electron chi connectivity index (χ1n) is 7.79. The smallest absolute Gasteiger partial charge is 0.231 e. The van der Waals surface area contributed by atoms with Crippen LogP contribution in [0.15, 0.2) is 18.2 Å². The maximum atomic E-state index is 12.5. The third-order valence-corrected chi connectivity index (χ3v) is 3.98. The molecule has 1 unspecified atom stereocenters. The van der Waals surface area contributed by atoms with E-state index in [0.717, 1.165) is 42.7 Å². The predicted molar refractivity (Wildman–Crippen MR) is 82.3 cm³/mol. The molecule has 0 radical (unpaired) electrons. The van der Waals surface area contributed by atoms with Crippen molar-refractivity contribution in [2.24, 2.45) is 5.92 Å². The molecule has 116 valence electrons. The number of hydrogen-bond donors (Lipinski definition) is 0. The van der Waals surface area contributed by atoms with Crippen LogP contribution in [0.3, 0.4) is 0 Å². The van der Waals surface area contributed by atoms with E-state index in [9.17, 15) is 4.79 Å². The highest BCUT2D eigenvalue weighted by molar-refractivity contribution is 5.78. The van der Waals surface area contributed by atoms with Gasteiger partial charge in [0.25, 0.3) is 0 Å². The fraction of sp³-hybridized carbons (Fsp3) is 0.588. The van der Waals surface area contributed by atoms with Crippen molar-refractivity contribution >= 4 is 5.91 Å². The van der Waals surface area contributed by atoms with Crippen molar-refractivity contribution in [3.05, 3.63) is 23.8 Å². The van der Waals surface area contributed by atoms with Crippen LogP contribution in [0, 0.1) is 5.92 Å². The summed E-state index contributed by atoms with van der Waals surface area (Å²) in [7, 11) is 1.88. The summed E-state index contributed by atoms with van der Waals surface area (Å²) < 4.78 is 10.7. The summed E-state index contributed by atoms with van der Waals surface area (Å²) in [5, 5.41) is 0. The summed E-state index contributed by atoms with van der Waals surface area (Å²) in [6.07, 6.45) is 4.14. The topological polar surface area (TPSA) is 38.8 Å². The monoisotopic (exact) mass is 291 g/mol. The maximum absolute atomic E-state index is 12.5. The Labute approximate surface area is 127 Å². The van der Waals surface area contributed by atoms with E-state index in [2.05, 4.69) is 13.8 Å². The van der Waals surface area contributed by atoms with Crippen molar-refractivity contribution in [3.63, 3.8) is 0 Å². The van der Waals surface area contributed by atoms with Gasteiger partial charge >= 0.3 is 0 Å². The van der Waals surface area contributed by atoms with Crippen LogP contribution >= 0.6 is 0 Å². The molecule has 1 atom stereocenters. The van der Waals surface area contributed by atoms with E-state index in [1.807, 2.05) is 30.1 Å². The van der Waals surface area contributed by atoms with Gasteiger partial charge in [0, 0.05) is 19.5 Å². The van der Waals surface area contributed by atoms with E-state index in [1.54, 1.807) is 0 Å². The minimum Gasteiger partial charge on any atom is -0.454 e. The fourth-order valence-corrected chi connectivity index (χ4v) is 2.66. The molecule has 1 amide bonds. The highest BCUT2D eigenvalue weighted by Crippen LogP contribution is 2.32. The number of benzene rings is 1. The van der Waals surface area contributed by atoms with E-state index >= 15 is 0 Å². The van der Waals surface area contributed by atoms with Crippen LogP contribution in [0.5, 0.6) is 11.5 Å². The van der Waals surface area contributed by atoms with Crippen molar-refractivity contribution in [3.8, 4) is 11.5 Å². The quantitative estimate of drug-likeness (QED) is 0.770. The number of carbonyl (C=O) groups is 1. The summed E-state index contributed by atoms with van der Waals surface area (Å²) in [6.45, 7) is 5.14. The van der Waals surface area contributed by atoms with Gasteiger partial charge in [-0.2, -0.15) is 0 Å². The molecule has 4 nitrogen and oxygen atoms in total. The Balaban J connectivity index is 1.96. The van der Waals surface area contributed by atoms with Crippen LogP contribution in [-0.4, -0.2) is 24.6 Å². The van der Waals surface area contributed by atoms with Crippen LogP contribution < -0.4 is 9.47 Å². The van der Waals surface area contributed by atoms with Crippen molar-refractivity contribution in [1.29, 1.82) is 0 Å². The van der Waals surface area contributed by atoms with Gasteiger partial charge in [-0.15, -0.1) is 0 Å². The highest BCUT2D eigenvalue weighted by atomic mass is 16.7. The Morgan fingerprint density at radius 2 is 2.05 bits per heavy atom. The van der Waals surface area contributed by atoms with Crippen LogP contribution in [0.4, 0.5) is 0 Å². The van der Waals surface area contributed by atoms with Crippen molar-refractivity contribution in [2.45, 2.75) is 46.1 Å². The van der Waals surface area contributed by atoms with Crippen LogP contribution in [0.25, 0.3) is 0 Å². The van der Waals surface area contributed by atoms with Crippen molar-refractivity contribution in [1.82, 2.24) is 4.90 Å². The van der Waals surface area contributed by atoms with E-state index in [0.29, 0.717) is 6.54 Å². The number of rotatable bonds is 7.